The van der Waals surface area contributed by atoms with E-state index >= 15 is 0 Å². The molecule has 136 valence electrons. The number of aliphatic hydroxyl groups is 1. The number of methoxy groups -OCH3 is 1. The first-order valence-corrected chi connectivity index (χ1v) is 9.71. The van der Waals surface area contributed by atoms with Gasteiger partial charge in [-0.05, 0) is 54.1 Å². The molecule has 0 aliphatic heterocycles. The number of aliphatic imine (C=N–C) groups is 1. The second-order valence-electron chi connectivity index (χ2n) is 5.26. The Labute approximate surface area is 158 Å². The highest BCUT2D eigenvalue weighted by molar-refractivity contribution is 9.10. The molecule has 0 heterocycles. The van der Waals surface area contributed by atoms with Crippen LogP contribution in [-0.2, 0) is 9.53 Å². The molecule has 0 radical (unpaired) electrons. The van der Waals surface area contributed by atoms with E-state index in [-0.39, 0.29) is 29.5 Å². The Hall–Kier alpha value is -1.54. The maximum Gasteiger partial charge on any atom is 0.344 e. The molecule has 1 N–H and O–H groups in total. The van der Waals surface area contributed by atoms with Crippen LogP contribution in [0.4, 0.5) is 4.39 Å². The van der Waals surface area contributed by atoms with E-state index in [2.05, 4.69) is 20.9 Å². The van der Waals surface area contributed by atoms with Gasteiger partial charge in [0.25, 0.3) is 0 Å². The highest BCUT2D eigenvalue weighted by atomic mass is 79.9. The van der Waals surface area contributed by atoms with Crippen molar-refractivity contribution in [3.05, 3.63) is 33.6 Å². The first-order valence-electron chi connectivity index (χ1n) is 7.69. The van der Waals surface area contributed by atoms with Gasteiger partial charge in [0.1, 0.15) is 16.4 Å². The minimum Gasteiger partial charge on any atom is -0.506 e. The lowest BCUT2D eigenvalue weighted by Gasteiger charge is -2.14. The number of esters is 1. The number of carbonyl (C=O) groups excluding carboxylic acids is 1. The van der Waals surface area contributed by atoms with Crippen LogP contribution in [0.3, 0.4) is 0 Å². The molecule has 0 unspecified atom stereocenters. The Balaban J connectivity index is 2.63. The predicted octanol–water partition coefficient (Wildman–Crippen LogP) is 4.35. The van der Waals surface area contributed by atoms with E-state index in [9.17, 15) is 14.3 Å². The maximum atomic E-state index is 14.7. The van der Waals surface area contributed by atoms with Crippen molar-refractivity contribution in [3.8, 4) is 5.75 Å². The summed E-state index contributed by atoms with van der Waals surface area (Å²) >= 11 is 4.39. The molecule has 5 nitrogen and oxygen atoms in total. The normalized spacial score (nSPS) is 15.6. The van der Waals surface area contributed by atoms with E-state index in [1.807, 2.05) is 0 Å². The Bertz CT molecular complexity index is 732. The van der Waals surface area contributed by atoms with E-state index in [0.717, 1.165) is 12.8 Å². The lowest BCUT2D eigenvalue weighted by Crippen LogP contribution is -2.17. The number of thioether (sulfide) groups is 1. The molecule has 1 fully saturated rings. The summed E-state index contributed by atoms with van der Waals surface area (Å²) in [5, 5.41) is 11.0. The van der Waals surface area contributed by atoms with Crippen LogP contribution in [0.5, 0.6) is 5.75 Å². The van der Waals surface area contributed by atoms with Crippen LogP contribution in [0.2, 0.25) is 0 Å². The summed E-state index contributed by atoms with van der Waals surface area (Å²) in [4.78, 5) is 16.8. The van der Waals surface area contributed by atoms with Crippen LogP contribution < -0.4 is 4.74 Å². The Morgan fingerprint density at radius 1 is 1.48 bits per heavy atom. The first-order chi connectivity index (χ1) is 11.9. The lowest BCUT2D eigenvalue weighted by atomic mass is 10.1. The lowest BCUT2D eigenvalue weighted by molar-refractivity contribution is -0.137. The van der Waals surface area contributed by atoms with Crippen molar-refractivity contribution in [1.29, 1.82) is 0 Å². The van der Waals surface area contributed by atoms with E-state index in [0.29, 0.717) is 9.52 Å². The summed E-state index contributed by atoms with van der Waals surface area (Å²) < 4.78 is 25.1. The molecule has 0 amide bonds. The number of rotatable bonds is 6. The average molecular weight is 432 g/mol. The number of hydrogen-bond acceptors (Lipinski definition) is 6. The molecule has 25 heavy (non-hydrogen) atoms. The number of aliphatic hydroxyl groups excluding tert-OH is 1. The van der Waals surface area contributed by atoms with Gasteiger partial charge in [0, 0.05) is 0 Å². The molecular formula is C17H19BrFNO4S. The van der Waals surface area contributed by atoms with Gasteiger partial charge in [-0.15, -0.1) is 11.8 Å². The van der Waals surface area contributed by atoms with E-state index in [1.54, 1.807) is 13.2 Å². The summed E-state index contributed by atoms with van der Waals surface area (Å²) in [7, 11) is 1.32. The molecule has 1 aliphatic rings. The maximum absolute atomic E-state index is 14.7. The van der Waals surface area contributed by atoms with Gasteiger partial charge >= 0.3 is 5.97 Å². The SMILES string of the molecule is CCOC(=O)/C(C(=NC1CC1)SC)=C(\O)c1ccc(Br)c(OC)c1F. The third-order valence-electron chi connectivity index (χ3n) is 3.48. The molecule has 2 rings (SSSR count). The summed E-state index contributed by atoms with van der Waals surface area (Å²) in [6.07, 6.45) is 3.61. The first kappa shape index (κ1) is 19.8. The second kappa shape index (κ2) is 8.71. The largest absolute Gasteiger partial charge is 0.506 e. The van der Waals surface area contributed by atoms with Gasteiger partial charge in [-0.2, -0.15) is 0 Å². The van der Waals surface area contributed by atoms with E-state index in [4.69, 9.17) is 9.47 Å². The summed E-state index contributed by atoms with van der Waals surface area (Å²) in [6.45, 7) is 1.79. The van der Waals surface area contributed by atoms with Crippen LogP contribution in [0.1, 0.15) is 25.3 Å². The van der Waals surface area contributed by atoms with Crippen LogP contribution in [-0.4, -0.2) is 42.1 Å². The van der Waals surface area contributed by atoms with Gasteiger partial charge in [-0.3, -0.25) is 4.99 Å². The van der Waals surface area contributed by atoms with Gasteiger partial charge in [-0.1, -0.05) is 0 Å². The van der Waals surface area contributed by atoms with Crippen molar-refractivity contribution in [3.63, 3.8) is 0 Å². The molecule has 1 saturated carbocycles. The molecule has 0 spiro atoms. The second-order valence-corrected chi connectivity index (χ2v) is 6.91. The minimum atomic E-state index is -0.775. The number of hydrogen-bond donors (Lipinski definition) is 1. The van der Waals surface area contributed by atoms with Crippen molar-refractivity contribution < 1.29 is 23.8 Å². The highest BCUT2D eigenvalue weighted by Gasteiger charge is 2.29. The topological polar surface area (TPSA) is 68.1 Å². The summed E-state index contributed by atoms with van der Waals surface area (Å²) in [5.41, 5.74) is -0.287. The summed E-state index contributed by atoms with van der Waals surface area (Å²) in [5.74, 6) is -2.09. The Morgan fingerprint density at radius 2 is 2.16 bits per heavy atom. The fourth-order valence-electron chi connectivity index (χ4n) is 2.11. The van der Waals surface area contributed by atoms with E-state index in [1.165, 1.54) is 31.0 Å². The molecule has 0 saturated heterocycles. The zero-order valence-corrected chi connectivity index (χ0v) is 16.5. The quantitative estimate of drug-likeness (QED) is 0.238. The van der Waals surface area contributed by atoms with Crippen LogP contribution >= 0.6 is 27.7 Å². The van der Waals surface area contributed by atoms with Gasteiger partial charge in [0.2, 0.25) is 0 Å². The van der Waals surface area contributed by atoms with Crippen molar-refractivity contribution in [2.75, 3.05) is 20.0 Å². The zero-order chi connectivity index (χ0) is 18.6. The number of nitrogens with zero attached hydrogens (tertiary/aromatic N) is 1. The Morgan fingerprint density at radius 3 is 2.68 bits per heavy atom. The molecule has 0 atom stereocenters. The number of ether oxygens (including phenoxy) is 2. The highest BCUT2D eigenvalue weighted by Crippen LogP contribution is 2.35. The van der Waals surface area contributed by atoms with E-state index < -0.39 is 17.5 Å². The van der Waals surface area contributed by atoms with Crippen molar-refractivity contribution in [1.82, 2.24) is 0 Å². The van der Waals surface area contributed by atoms with Gasteiger partial charge in [-0.25, -0.2) is 9.18 Å². The number of benzene rings is 1. The van der Waals surface area contributed by atoms with Crippen molar-refractivity contribution in [2.24, 2.45) is 4.99 Å². The van der Waals surface area contributed by atoms with Gasteiger partial charge < -0.3 is 14.6 Å². The van der Waals surface area contributed by atoms with Crippen LogP contribution in [0.25, 0.3) is 5.76 Å². The van der Waals surface area contributed by atoms with Crippen LogP contribution in [0, 0.1) is 5.82 Å². The minimum absolute atomic E-state index is 0.0582. The molecule has 0 bridgehead atoms. The zero-order valence-electron chi connectivity index (χ0n) is 14.1. The fraction of sp³-hybridized carbons (Fsp3) is 0.412. The number of carbonyl (C=O) groups is 1. The fourth-order valence-corrected chi connectivity index (χ4v) is 3.22. The van der Waals surface area contributed by atoms with Crippen molar-refractivity contribution >= 4 is 44.5 Å². The van der Waals surface area contributed by atoms with Crippen LogP contribution in [0.15, 0.2) is 27.2 Å². The summed E-state index contributed by atoms with van der Waals surface area (Å²) in [6, 6.07) is 3.03. The number of halogens is 2. The molecule has 1 aromatic carbocycles. The third kappa shape index (κ3) is 4.55. The van der Waals surface area contributed by atoms with Gasteiger partial charge in [0.05, 0.1) is 29.8 Å². The molecule has 0 aromatic heterocycles. The third-order valence-corrected chi connectivity index (χ3v) is 4.80. The average Bonchev–Trinajstić information content (AvgIpc) is 3.38. The van der Waals surface area contributed by atoms with Gasteiger partial charge in [0.15, 0.2) is 11.6 Å². The Kier molecular flexibility index (Phi) is 6.89. The standard InChI is InChI=1S/C17H19BrFNO4S/c1-4-24-17(22)12(16(25-3)20-9-5-6-9)14(21)10-7-8-11(18)15(23-2)13(10)19/h7-9,21H,4-6H2,1-3H3/b14-12-,20-16?. The molecular weight excluding hydrogens is 413 g/mol. The molecule has 8 heteroatoms. The smallest absolute Gasteiger partial charge is 0.344 e. The molecule has 1 aromatic rings. The van der Waals surface area contributed by atoms with Crippen molar-refractivity contribution in [2.45, 2.75) is 25.8 Å². The monoisotopic (exact) mass is 431 g/mol. The predicted molar refractivity (Wildman–Crippen MR) is 101 cm³/mol. The molecule has 1 aliphatic carbocycles.